The lowest BCUT2D eigenvalue weighted by atomic mass is 10.3. The first-order valence-electron chi connectivity index (χ1n) is 3.79. The van der Waals surface area contributed by atoms with E-state index in [4.69, 9.17) is 12.2 Å². The van der Waals surface area contributed by atoms with Crippen molar-refractivity contribution in [3.8, 4) is 0 Å². The summed E-state index contributed by atoms with van der Waals surface area (Å²) in [5, 5.41) is 6.50. The van der Waals surface area contributed by atoms with Crippen molar-refractivity contribution in [1.29, 1.82) is 0 Å². The van der Waals surface area contributed by atoms with Crippen LogP contribution < -0.4 is 0 Å². The molecule has 0 aliphatic rings. The van der Waals surface area contributed by atoms with Crippen molar-refractivity contribution in [1.82, 2.24) is 14.8 Å². The number of carbonyl (C=O) groups is 1. The van der Waals surface area contributed by atoms with Gasteiger partial charge in [0.2, 0.25) is 0 Å². The molecule has 0 aromatic carbocycles. The molecule has 72 valence electrons. The lowest BCUT2D eigenvalue weighted by Crippen LogP contribution is -2.18. The van der Waals surface area contributed by atoms with Gasteiger partial charge in [-0.05, 0) is 26.1 Å². The van der Waals surface area contributed by atoms with E-state index in [0.717, 1.165) is 0 Å². The number of methoxy groups -OCH3 is 1. The molecule has 1 heterocycles. The molecule has 6 heteroatoms. The van der Waals surface area contributed by atoms with Gasteiger partial charge in [0.25, 0.3) is 0 Å². The molecule has 0 bridgehead atoms. The zero-order valence-electron chi connectivity index (χ0n) is 7.70. The van der Waals surface area contributed by atoms with Crippen molar-refractivity contribution in [3.05, 3.63) is 10.6 Å². The number of aryl methyl sites for hydroxylation is 1. The molecule has 1 rings (SSSR count). The van der Waals surface area contributed by atoms with Crippen molar-refractivity contribution in [2.24, 2.45) is 0 Å². The van der Waals surface area contributed by atoms with Gasteiger partial charge in [0, 0.05) is 0 Å². The van der Waals surface area contributed by atoms with Crippen LogP contribution in [-0.2, 0) is 9.53 Å². The van der Waals surface area contributed by atoms with Crippen LogP contribution in [0.1, 0.15) is 18.8 Å². The van der Waals surface area contributed by atoms with E-state index in [9.17, 15) is 4.79 Å². The molecule has 0 amide bonds. The van der Waals surface area contributed by atoms with Crippen molar-refractivity contribution < 1.29 is 9.53 Å². The standard InChI is InChI=1S/C7H11N3O2S/c1-4(6(11)12-3)10-5(2)8-9-7(10)13/h4H,1-3H3,(H,9,13). The van der Waals surface area contributed by atoms with Crippen LogP contribution in [0.5, 0.6) is 0 Å². The maximum Gasteiger partial charge on any atom is 0.328 e. The maximum absolute atomic E-state index is 11.2. The van der Waals surface area contributed by atoms with Crippen LogP contribution >= 0.6 is 12.2 Å². The number of carbonyl (C=O) groups excluding carboxylic acids is 1. The predicted octanol–water partition coefficient (Wildman–Crippen LogP) is 0.983. The normalized spacial score (nSPS) is 12.5. The van der Waals surface area contributed by atoms with E-state index in [2.05, 4.69) is 14.9 Å². The largest absolute Gasteiger partial charge is 0.467 e. The highest BCUT2D eigenvalue weighted by molar-refractivity contribution is 7.71. The molecule has 0 saturated carbocycles. The third-order valence-electron chi connectivity index (χ3n) is 1.81. The van der Waals surface area contributed by atoms with E-state index in [1.807, 2.05) is 0 Å². The topological polar surface area (TPSA) is 59.9 Å². The molecule has 0 radical (unpaired) electrons. The van der Waals surface area contributed by atoms with Gasteiger partial charge in [-0.15, -0.1) is 0 Å². The Balaban J connectivity index is 3.07. The van der Waals surface area contributed by atoms with Gasteiger partial charge in [0.1, 0.15) is 11.9 Å². The molecule has 13 heavy (non-hydrogen) atoms. The van der Waals surface area contributed by atoms with Crippen LogP contribution in [0.25, 0.3) is 0 Å². The van der Waals surface area contributed by atoms with Crippen molar-refractivity contribution in [2.75, 3.05) is 7.11 Å². The van der Waals surface area contributed by atoms with Crippen LogP contribution in [-0.4, -0.2) is 27.8 Å². The number of aromatic nitrogens is 3. The quantitative estimate of drug-likeness (QED) is 0.572. The molecule has 1 unspecified atom stereocenters. The van der Waals surface area contributed by atoms with E-state index in [1.165, 1.54) is 7.11 Å². The smallest absolute Gasteiger partial charge is 0.328 e. The van der Waals surface area contributed by atoms with Crippen molar-refractivity contribution in [2.45, 2.75) is 19.9 Å². The van der Waals surface area contributed by atoms with Gasteiger partial charge >= 0.3 is 5.97 Å². The Hall–Kier alpha value is -1.17. The molecular weight excluding hydrogens is 190 g/mol. The zero-order valence-corrected chi connectivity index (χ0v) is 8.51. The highest BCUT2D eigenvalue weighted by Gasteiger charge is 2.17. The minimum atomic E-state index is -0.434. The van der Waals surface area contributed by atoms with E-state index in [-0.39, 0.29) is 5.97 Å². The Bertz CT molecular complexity index is 368. The van der Waals surface area contributed by atoms with Gasteiger partial charge in [-0.1, -0.05) is 0 Å². The van der Waals surface area contributed by atoms with Gasteiger partial charge in [0.15, 0.2) is 4.77 Å². The SMILES string of the molecule is COC(=O)C(C)n1c(C)n[nH]c1=S. The fraction of sp³-hybridized carbons (Fsp3) is 0.571. The van der Waals surface area contributed by atoms with Gasteiger partial charge in [-0.3, -0.25) is 9.67 Å². The first-order valence-corrected chi connectivity index (χ1v) is 4.20. The fourth-order valence-electron chi connectivity index (χ4n) is 1.12. The summed E-state index contributed by atoms with van der Waals surface area (Å²) in [6.45, 7) is 3.48. The molecular formula is C7H11N3O2S. The third kappa shape index (κ3) is 1.77. The first-order chi connectivity index (χ1) is 6.07. The van der Waals surface area contributed by atoms with E-state index in [0.29, 0.717) is 10.6 Å². The summed E-state index contributed by atoms with van der Waals surface area (Å²) in [6.07, 6.45) is 0. The predicted molar refractivity (Wildman–Crippen MR) is 48.9 cm³/mol. The molecule has 1 N–H and O–H groups in total. The van der Waals surface area contributed by atoms with E-state index < -0.39 is 6.04 Å². The average molecular weight is 201 g/mol. The number of hydrogen-bond acceptors (Lipinski definition) is 4. The molecule has 0 saturated heterocycles. The second-order valence-corrected chi connectivity index (χ2v) is 3.03. The van der Waals surface area contributed by atoms with E-state index >= 15 is 0 Å². The van der Waals surface area contributed by atoms with Gasteiger partial charge in [0.05, 0.1) is 7.11 Å². The lowest BCUT2D eigenvalue weighted by molar-refractivity contribution is -0.144. The van der Waals surface area contributed by atoms with Crippen molar-refractivity contribution in [3.63, 3.8) is 0 Å². The highest BCUT2D eigenvalue weighted by atomic mass is 32.1. The number of aromatic amines is 1. The highest BCUT2D eigenvalue weighted by Crippen LogP contribution is 2.09. The second kappa shape index (κ2) is 3.69. The summed E-state index contributed by atoms with van der Waals surface area (Å²) in [7, 11) is 1.35. The van der Waals surface area contributed by atoms with Crippen LogP contribution in [0, 0.1) is 11.7 Å². The Morgan fingerprint density at radius 1 is 1.77 bits per heavy atom. The molecule has 1 aromatic heterocycles. The minimum Gasteiger partial charge on any atom is -0.467 e. The summed E-state index contributed by atoms with van der Waals surface area (Å²) in [5.41, 5.74) is 0. The third-order valence-corrected chi connectivity index (χ3v) is 2.10. The van der Waals surface area contributed by atoms with Crippen LogP contribution in [0.2, 0.25) is 0 Å². The first kappa shape index (κ1) is 9.91. The van der Waals surface area contributed by atoms with Crippen LogP contribution in [0.3, 0.4) is 0 Å². The summed E-state index contributed by atoms with van der Waals surface area (Å²) in [5.74, 6) is 0.337. The minimum absolute atomic E-state index is 0.333. The monoisotopic (exact) mass is 201 g/mol. The molecule has 1 atom stereocenters. The number of rotatable bonds is 2. The molecule has 5 nitrogen and oxygen atoms in total. The summed E-state index contributed by atoms with van der Waals surface area (Å²) < 4.78 is 6.64. The van der Waals surface area contributed by atoms with Gasteiger partial charge in [-0.25, -0.2) is 4.79 Å². The average Bonchev–Trinajstić information content (AvgIpc) is 2.44. The number of ether oxygens (including phenoxy) is 1. The molecule has 1 aromatic rings. The summed E-state index contributed by atoms with van der Waals surface area (Å²) >= 11 is 4.95. The van der Waals surface area contributed by atoms with Crippen molar-refractivity contribution >= 4 is 18.2 Å². The second-order valence-electron chi connectivity index (χ2n) is 2.65. The fourth-order valence-corrected chi connectivity index (χ4v) is 1.45. The van der Waals surface area contributed by atoms with Crippen LogP contribution in [0.15, 0.2) is 0 Å². The number of nitrogens with one attached hydrogen (secondary N) is 1. The number of H-pyrrole nitrogens is 1. The van der Waals surface area contributed by atoms with E-state index in [1.54, 1.807) is 18.4 Å². The van der Waals surface area contributed by atoms with Crippen LogP contribution in [0.4, 0.5) is 0 Å². The Morgan fingerprint density at radius 2 is 2.38 bits per heavy atom. The Morgan fingerprint density at radius 3 is 2.77 bits per heavy atom. The Kier molecular flexibility index (Phi) is 2.82. The number of nitrogens with zero attached hydrogens (tertiary/aromatic N) is 2. The zero-order chi connectivity index (χ0) is 10.0. The van der Waals surface area contributed by atoms with Gasteiger partial charge in [-0.2, -0.15) is 5.10 Å². The molecule has 0 fully saturated rings. The molecule has 0 aliphatic heterocycles. The molecule has 0 spiro atoms. The lowest BCUT2D eigenvalue weighted by Gasteiger charge is -2.10. The van der Waals surface area contributed by atoms with Gasteiger partial charge < -0.3 is 4.74 Å². The maximum atomic E-state index is 11.2. The summed E-state index contributed by atoms with van der Waals surface area (Å²) in [6, 6.07) is -0.434. The Labute approximate surface area is 80.7 Å². The molecule has 0 aliphatic carbocycles. The summed E-state index contributed by atoms with van der Waals surface area (Å²) in [4.78, 5) is 11.2. The number of esters is 1. The number of hydrogen-bond donors (Lipinski definition) is 1.